The van der Waals surface area contributed by atoms with Crippen LogP contribution in [0.25, 0.3) is 0 Å². The number of nitrogen functional groups attached to an aromatic ring is 1. The molecule has 2 rings (SSSR count). The lowest BCUT2D eigenvalue weighted by Gasteiger charge is -2.12. The van der Waals surface area contributed by atoms with Crippen LogP contribution in [-0.2, 0) is 4.84 Å². The number of hydrogen-bond acceptors (Lipinski definition) is 6. The molecule has 6 nitrogen and oxygen atoms in total. The monoisotopic (exact) mass is 299 g/mol. The highest BCUT2D eigenvalue weighted by atomic mass is 16.6. The third-order valence-corrected chi connectivity index (χ3v) is 3.56. The molecule has 1 unspecified atom stereocenters. The average Bonchev–Trinajstić information content (AvgIpc) is 2.54. The minimum absolute atomic E-state index is 0.342. The third-order valence-electron chi connectivity index (χ3n) is 3.56. The van der Waals surface area contributed by atoms with Gasteiger partial charge in [0.25, 0.3) is 0 Å². The summed E-state index contributed by atoms with van der Waals surface area (Å²) in [6.07, 6.45) is 4.02. The average molecular weight is 299 g/mol. The number of oxime groups is 1. The van der Waals surface area contributed by atoms with E-state index in [-0.39, 0.29) is 0 Å². The van der Waals surface area contributed by atoms with E-state index in [4.69, 9.17) is 10.6 Å². The Morgan fingerprint density at radius 3 is 2.68 bits per heavy atom. The van der Waals surface area contributed by atoms with Gasteiger partial charge >= 0.3 is 0 Å². The van der Waals surface area contributed by atoms with Crippen LogP contribution in [0.3, 0.4) is 0 Å². The van der Waals surface area contributed by atoms with Crippen LogP contribution in [0, 0.1) is 0 Å². The first-order chi connectivity index (χ1) is 10.7. The van der Waals surface area contributed by atoms with Crippen molar-refractivity contribution in [1.82, 2.24) is 9.97 Å². The summed E-state index contributed by atoms with van der Waals surface area (Å²) >= 11 is 0. The summed E-state index contributed by atoms with van der Waals surface area (Å²) in [5, 5.41) is 6.96. The molecule has 116 valence electrons. The highest BCUT2D eigenvalue weighted by Crippen LogP contribution is 2.24. The van der Waals surface area contributed by atoms with Gasteiger partial charge in [-0.05, 0) is 30.0 Å². The van der Waals surface area contributed by atoms with Crippen LogP contribution < -0.4 is 11.1 Å². The van der Waals surface area contributed by atoms with Crippen LogP contribution in [0.4, 0.5) is 17.3 Å². The lowest BCUT2D eigenvalue weighted by Crippen LogP contribution is -2.05. The number of hydrogen-bond donors (Lipinski definition) is 2. The topological polar surface area (TPSA) is 85.4 Å². The van der Waals surface area contributed by atoms with Crippen molar-refractivity contribution in [3.63, 3.8) is 0 Å². The van der Waals surface area contributed by atoms with Crippen LogP contribution >= 0.6 is 0 Å². The molecule has 3 N–H and O–H groups in total. The minimum atomic E-state index is 0.342. The van der Waals surface area contributed by atoms with Crippen LogP contribution in [-0.4, -0.2) is 23.3 Å². The lowest BCUT2D eigenvalue weighted by molar-refractivity contribution is 0.215. The zero-order valence-corrected chi connectivity index (χ0v) is 13.1. The van der Waals surface area contributed by atoms with Crippen LogP contribution in [0.2, 0.25) is 0 Å². The van der Waals surface area contributed by atoms with Crippen molar-refractivity contribution in [3.8, 4) is 0 Å². The van der Waals surface area contributed by atoms with Crippen LogP contribution in [0.1, 0.15) is 37.3 Å². The van der Waals surface area contributed by atoms with E-state index in [0.717, 1.165) is 12.1 Å². The Morgan fingerprint density at radius 2 is 2.05 bits per heavy atom. The summed E-state index contributed by atoms with van der Waals surface area (Å²) < 4.78 is 0. The van der Waals surface area contributed by atoms with E-state index in [1.807, 2.05) is 12.1 Å². The smallest absolute Gasteiger partial charge is 0.144 e. The molecular formula is C16H21N5O. The van der Waals surface area contributed by atoms with Crippen molar-refractivity contribution < 1.29 is 4.84 Å². The van der Waals surface area contributed by atoms with Gasteiger partial charge in [0.1, 0.15) is 25.1 Å². The quantitative estimate of drug-likeness (QED) is 0.631. The predicted molar refractivity (Wildman–Crippen MR) is 89.5 cm³/mol. The fourth-order valence-corrected chi connectivity index (χ4v) is 2.01. The van der Waals surface area contributed by atoms with Crippen molar-refractivity contribution in [2.75, 3.05) is 18.2 Å². The number of aromatic nitrogens is 2. The molecule has 0 fully saturated rings. The van der Waals surface area contributed by atoms with Crippen molar-refractivity contribution in [3.05, 3.63) is 41.7 Å². The Bertz CT molecular complexity index is 639. The molecule has 1 heterocycles. The molecule has 0 bridgehead atoms. The maximum Gasteiger partial charge on any atom is 0.144 e. The third kappa shape index (κ3) is 3.72. The Kier molecular flexibility index (Phi) is 5.30. The van der Waals surface area contributed by atoms with Crippen molar-refractivity contribution >= 4 is 23.5 Å². The molecule has 22 heavy (non-hydrogen) atoms. The number of nitrogens with two attached hydrogens (primary N) is 1. The Hall–Kier alpha value is -2.63. The van der Waals surface area contributed by atoms with Crippen molar-refractivity contribution in [2.24, 2.45) is 5.16 Å². The molecule has 0 aliphatic heterocycles. The summed E-state index contributed by atoms with van der Waals surface area (Å²) in [5.41, 5.74) is 8.70. The Balaban J connectivity index is 2.23. The molecule has 0 aliphatic carbocycles. The molecule has 0 aliphatic rings. The van der Waals surface area contributed by atoms with Crippen molar-refractivity contribution in [2.45, 2.75) is 26.2 Å². The first-order valence-electron chi connectivity index (χ1n) is 7.19. The molecular weight excluding hydrogens is 278 g/mol. The van der Waals surface area contributed by atoms with E-state index < -0.39 is 0 Å². The molecule has 1 aromatic carbocycles. The molecule has 2 aromatic rings. The fraction of sp³-hybridized carbons (Fsp3) is 0.312. The van der Waals surface area contributed by atoms with Crippen LogP contribution in [0.15, 0.2) is 35.7 Å². The summed E-state index contributed by atoms with van der Waals surface area (Å²) in [6, 6.07) is 8.28. The van der Waals surface area contributed by atoms with Gasteiger partial charge < -0.3 is 15.9 Å². The second kappa shape index (κ2) is 7.40. The van der Waals surface area contributed by atoms with E-state index >= 15 is 0 Å². The summed E-state index contributed by atoms with van der Waals surface area (Å²) in [4.78, 5) is 12.9. The molecule has 0 amide bonds. The maximum atomic E-state index is 5.86. The largest absolute Gasteiger partial charge is 0.399 e. The van der Waals surface area contributed by atoms with Gasteiger partial charge in [0.2, 0.25) is 0 Å². The maximum absolute atomic E-state index is 5.86. The van der Waals surface area contributed by atoms with Crippen LogP contribution in [0.5, 0.6) is 0 Å². The van der Waals surface area contributed by atoms with E-state index in [1.54, 1.807) is 0 Å². The molecule has 0 saturated heterocycles. The predicted octanol–water partition coefficient (Wildman–Crippen LogP) is 3.30. The van der Waals surface area contributed by atoms with Gasteiger partial charge in [-0.1, -0.05) is 31.1 Å². The van der Waals surface area contributed by atoms with Gasteiger partial charge in [-0.15, -0.1) is 0 Å². The lowest BCUT2D eigenvalue weighted by atomic mass is 9.99. The molecule has 6 heteroatoms. The van der Waals surface area contributed by atoms with E-state index in [2.05, 4.69) is 46.4 Å². The Labute approximate surface area is 130 Å². The van der Waals surface area contributed by atoms with Gasteiger partial charge in [0, 0.05) is 5.69 Å². The second-order valence-corrected chi connectivity index (χ2v) is 4.99. The van der Waals surface area contributed by atoms with Gasteiger partial charge in [-0.2, -0.15) is 0 Å². The van der Waals surface area contributed by atoms with Gasteiger partial charge in [0.05, 0.1) is 11.8 Å². The first-order valence-corrected chi connectivity index (χ1v) is 7.19. The van der Waals surface area contributed by atoms with E-state index in [9.17, 15) is 0 Å². The van der Waals surface area contributed by atoms with Gasteiger partial charge in [0.15, 0.2) is 0 Å². The highest BCUT2D eigenvalue weighted by molar-refractivity contribution is 5.92. The standard InChI is InChI=1S/C16H21N5O/c1-4-11(2)12-5-7-13(8-6-12)21-16-14(9-20-22-3)15(17)18-10-19-16/h5-11H,4H2,1-3H3,(H3,17,18,19,21)/b20-9+. The van der Waals surface area contributed by atoms with Gasteiger partial charge in [-0.25, -0.2) is 9.97 Å². The molecule has 0 saturated carbocycles. The molecule has 1 atom stereocenters. The minimum Gasteiger partial charge on any atom is -0.399 e. The summed E-state index contributed by atoms with van der Waals surface area (Å²) in [5.74, 6) is 1.48. The number of nitrogens with zero attached hydrogens (tertiary/aromatic N) is 3. The summed E-state index contributed by atoms with van der Waals surface area (Å²) in [6.45, 7) is 4.40. The SMILES string of the molecule is CCC(C)c1ccc(Nc2ncnc(N)c2/C=N/OC)cc1. The Morgan fingerprint density at radius 1 is 1.32 bits per heavy atom. The van der Waals surface area contributed by atoms with Gasteiger partial charge in [-0.3, -0.25) is 0 Å². The molecule has 0 radical (unpaired) electrons. The normalized spacial score (nSPS) is 12.3. The molecule has 0 spiro atoms. The number of anilines is 3. The zero-order chi connectivity index (χ0) is 15.9. The number of nitrogens with one attached hydrogen (secondary N) is 1. The number of rotatable bonds is 6. The first kappa shape index (κ1) is 15.8. The summed E-state index contributed by atoms with van der Waals surface area (Å²) in [7, 11) is 1.47. The second-order valence-electron chi connectivity index (χ2n) is 4.99. The van der Waals surface area contributed by atoms with Crippen molar-refractivity contribution in [1.29, 1.82) is 0 Å². The van der Waals surface area contributed by atoms with E-state index in [1.165, 1.54) is 25.2 Å². The fourth-order valence-electron chi connectivity index (χ4n) is 2.01. The zero-order valence-electron chi connectivity index (χ0n) is 13.1. The highest BCUT2D eigenvalue weighted by Gasteiger charge is 2.08. The van der Waals surface area contributed by atoms with E-state index in [0.29, 0.717) is 23.1 Å². The number of benzene rings is 1. The molecule has 1 aromatic heterocycles.